The summed E-state index contributed by atoms with van der Waals surface area (Å²) in [4.78, 5) is 2.50. The number of piperidine rings is 1. The Morgan fingerprint density at radius 1 is 1.20 bits per heavy atom. The molecule has 108 valence electrons. The van der Waals surface area contributed by atoms with Gasteiger partial charge in [-0.1, -0.05) is 35.7 Å². The fraction of sp³-hybridized carbons (Fsp3) is 0.562. The fourth-order valence-electron chi connectivity index (χ4n) is 2.78. The molecule has 4 heteroatoms. The summed E-state index contributed by atoms with van der Waals surface area (Å²) in [6, 6.07) is 7.76. The van der Waals surface area contributed by atoms with E-state index in [1.807, 2.05) is 6.07 Å². The van der Waals surface area contributed by atoms with Gasteiger partial charge in [0.25, 0.3) is 0 Å². The normalized spacial score (nSPS) is 17.6. The van der Waals surface area contributed by atoms with Gasteiger partial charge in [-0.2, -0.15) is 5.26 Å². The maximum absolute atomic E-state index is 9.35. The molecular weight excluding hydrogens is 291 g/mol. The molecule has 0 aromatic heterocycles. The lowest BCUT2D eigenvalue weighted by Gasteiger charge is -2.26. The van der Waals surface area contributed by atoms with Crippen molar-refractivity contribution in [2.45, 2.75) is 38.0 Å². The number of halogens is 2. The summed E-state index contributed by atoms with van der Waals surface area (Å²) in [5.74, 6) is -0.135. The molecule has 2 nitrogen and oxygen atoms in total. The first-order chi connectivity index (χ1) is 9.70. The molecule has 1 atom stereocenters. The Balaban J connectivity index is 1.87. The molecule has 1 aromatic rings. The highest BCUT2D eigenvalue weighted by molar-refractivity contribution is 6.35. The van der Waals surface area contributed by atoms with E-state index in [1.165, 1.54) is 32.4 Å². The van der Waals surface area contributed by atoms with Crippen molar-refractivity contribution in [3.63, 3.8) is 0 Å². The van der Waals surface area contributed by atoms with Crippen molar-refractivity contribution < 1.29 is 0 Å². The van der Waals surface area contributed by atoms with E-state index in [2.05, 4.69) is 11.0 Å². The summed E-state index contributed by atoms with van der Waals surface area (Å²) in [7, 11) is 0. The molecule has 0 radical (unpaired) electrons. The smallest absolute Gasteiger partial charge is 0.0727 e. The van der Waals surface area contributed by atoms with Crippen LogP contribution < -0.4 is 0 Å². The SMILES string of the molecule is N#CC(CCCN1CCCCC1)c1ccc(Cl)cc1Cl. The quantitative estimate of drug-likeness (QED) is 0.776. The summed E-state index contributed by atoms with van der Waals surface area (Å²) >= 11 is 12.1. The molecule has 2 rings (SSSR count). The van der Waals surface area contributed by atoms with Crippen molar-refractivity contribution in [1.82, 2.24) is 4.90 Å². The van der Waals surface area contributed by atoms with Crippen molar-refractivity contribution >= 4 is 23.2 Å². The molecule has 1 heterocycles. The van der Waals surface area contributed by atoms with E-state index < -0.39 is 0 Å². The maximum atomic E-state index is 9.35. The largest absolute Gasteiger partial charge is 0.303 e. The van der Waals surface area contributed by atoms with Crippen LogP contribution in [0.1, 0.15) is 43.6 Å². The lowest BCUT2D eigenvalue weighted by Crippen LogP contribution is -2.30. The third kappa shape index (κ3) is 4.38. The van der Waals surface area contributed by atoms with Crippen LogP contribution in [0.5, 0.6) is 0 Å². The number of rotatable bonds is 5. The average Bonchev–Trinajstić information content (AvgIpc) is 2.46. The molecule has 1 fully saturated rings. The molecule has 1 saturated heterocycles. The van der Waals surface area contributed by atoms with Crippen LogP contribution in [0.4, 0.5) is 0 Å². The van der Waals surface area contributed by atoms with Gasteiger partial charge in [-0.3, -0.25) is 0 Å². The van der Waals surface area contributed by atoms with Crippen LogP contribution in [-0.2, 0) is 0 Å². The zero-order valence-electron chi connectivity index (χ0n) is 11.6. The first kappa shape index (κ1) is 15.6. The highest BCUT2D eigenvalue weighted by Crippen LogP contribution is 2.30. The standard InChI is InChI=1S/C16H20Cl2N2/c17-14-6-7-15(16(18)11-14)13(12-19)5-4-10-20-8-2-1-3-9-20/h6-7,11,13H,1-5,8-10H2. The summed E-state index contributed by atoms with van der Waals surface area (Å²) in [6.07, 6.45) is 5.87. The van der Waals surface area contributed by atoms with Gasteiger partial charge < -0.3 is 4.90 Å². The number of nitrogens with zero attached hydrogens (tertiary/aromatic N) is 2. The molecule has 0 N–H and O–H groups in total. The van der Waals surface area contributed by atoms with Gasteiger partial charge in [-0.05, 0) is 63.0 Å². The number of likely N-dealkylation sites (tertiary alicyclic amines) is 1. The minimum absolute atomic E-state index is 0.135. The first-order valence-electron chi connectivity index (χ1n) is 7.27. The Kier molecular flexibility index (Phi) is 6.16. The molecule has 0 bridgehead atoms. The second-order valence-electron chi connectivity index (χ2n) is 5.39. The molecule has 0 aliphatic carbocycles. The zero-order chi connectivity index (χ0) is 14.4. The molecular formula is C16H20Cl2N2. The van der Waals surface area contributed by atoms with Crippen molar-refractivity contribution in [3.05, 3.63) is 33.8 Å². The molecule has 0 spiro atoms. The number of nitriles is 1. The van der Waals surface area contributed by atoms with Crippen molar-refractivity contribution in [2.24, 2.45) is 0 Å². The highest BCUT2D eigenvalue weighted by Gasteiger charge is 2.16. The van der Waals surface area contributed by atoms with E-state index >= 15 is 0 Å². The van der Waals surface area contributed by atoms with Gasteiger partial charge in [-0.25, -0.2) is 0 Å². The summed E-state index contributed by atoms with van der Waals surface area (Å²) in [6.45, 7) is 3.50. The second-order valence-corrected chi connectivity index (χ2v) is 6.24. The monoisotopic (exact) mass is 310 g/mol. The van der Waals surface area contributed by atoms with Crippen LogP contribution in [0, 0.1) is 11.3 Å². The first-order valence-corrected chi connectivity index (χ1v) is 8.03. The molecule has 0 saturated carbocycles. The lowest BCUT2D eigenvalue weighted by atomic mass is 9.95. The van der Waals surface area contributed by atoms with Crippen molar-refractivity contribution in [3.8, 4) is 6.07 Å². The molecule has 1 aliphatic rings. The van der Waals surface area contributed by atoms with E-state index in [0.717, 1.165) is 24.9 Å². The third-order valence-electron chi connectivity index (χ3n) is 3.91. The van der Waals surface area contributed by atoms with Gasteiger partial charge in [0.15, 0.2) is 0 Å². The van der Waals surface area contributed by atoms with E-state index in [-0.39, 0.29) is 5.92 Å². The van der Waals surface area contributed by atoms with Gasteiger partial charge in [0, 0.05) is 10.0 Å². The number of hydrogen-bond donors (Lipinski definition) is 0. The zero-order valence-corrected chi connectivity index (χ0v) is 13.1. The lowest BCUT2D eigenvalue weighted by molar-refractivity contribution is 0.224. The summed E-state index contributed by atoms with van der Waals surface area (Å²) in [5, 5.41) is 10.6. The summed E-state index contributed by atoms with van der Waals surface area (Å²) in [5.41, 5.74) is 0.900. The Bertz CT molecular complexity index is 476. The van der Waals surface area contributed by atoms with Crippen LogP contribution >= 0.6 is 23.2 Å². The van der Waals surface area contributed by atoms with Crippen LogP contribution in [-0.4, -0.2) is 24.5 Å². The minimum Gasteiger partial charge on any atom is -0.303 e. The van der Waals surface area contributed by atoms with Crippen LogP contribution in [0.15, 0.2) is 18.2 Å². The van der Waals surface area contributed by atoms with Gasteiger partial charge in [0.1, 0.15) is 0 Å². The second kappa shape index (κ2) is 7.88. The van der Waals surface area contributed by atoms with E-state index in [9.17, 15) is 5.26 Å². The van der Waals surface area contributed by atoms with E-state index in [1.54, 1.807) is 12.1 Å². The van der Waals surface area contributed by atoms with Gasteiger partial charge in [-0.15, -0.1) is 0 Å². The molecule has 20 heavy (non-hydrogen) atoms. The van der Waals surface area contributed by atoms with Gasteiger partial charge >= 0.3 is 0 Å². The van der Waals surface area contributed by atoms with Crippen LogP contribution in [0.2, 0.25) is 10.0 Å². The molecule has 1 aliphatic heterocycles. The van der Waals surface area contributed by atoms with E-state index in [4.69, 9.17) is 23.2 Å². The number of hydrogen-bond acceptors (Lipinski definition) is 2. The Morgan fingerprint density at radius 3 is 2.60 bits per heavy atom. The van der Waals surface area contributed by atoms with Crippen molar-refractivity contribution in [2.75, 3.05) is 19.6 Å². The fourth-order valence-corrected chi connectivity index (χ4v) is 3.32. The van der Waals surface area contributed by atoms with E-state index in [0.29, 0.717) is 10.0 Å². The Morgan fingerprint density at radius 2 is 1.95 bits per heavy atom. The Hall–Kier alpha value is -0.750. The predicted octanol–water partition coefficient (Wildman–Crippen LogP) is 4.87. The molecule has 1 aromatic carbocycles. The third-order valence-corrected chi connectivity index (χ3v) is 4.47. The average molecular weight is 311 g/mol. The van der Waals surface area contributed by atoms with Gasteiger partial charge in [0.05, 0.1) is 12.0 Å². The van der Waals surface area contributed by atoms with Crippen LogP contribution in [0.25, 0.3) is 0 Å². The minimum atomic E-state index is -0.135. The maximum Gasteiger partial charge on any atom is 0.0727 e. The number of benzene rings is 1. The van der Waals surface area contributed by atoms with Crippen LogP contribution in [0.3, 0.4) is 0 Å². The Labute approximate surface area is 131 Å². The van der Waals surface area contributed by atoms with Crippen molar-refractivity contribution in [1.29, 1.82) is 5.26 Å². The van der Waals surface area contributed by atoms with Gasteiger partial charge in [0.2, 0.25) is 0 Å². The predicted molar refractivity (Wildman–Crippen MR) is 84.3 cm³/mol. The molecule has 0 amide bonds. The highest BCUT2D eigenvalue weighted by atomic mass is 35.5. The summed E-state index contributed by atoms with van der Waals surface area (Å²) < 4.78 is 0. The molecule has 1 unspecified atom stereocenters. The topological polar surface area (TPSA) is 27.0 Å².